The van der Waals surface area contributed by atoms with Crippen molar-refractivity contribution in [2.45, 2.75) is 37.3 Å². The summed E-state index contributed by atoms with van der Waals surface area (Å²) in [6, 6.07) is 4.86. The van der Waals surface area contributed by atoms with Gasteiger partial charge in [0.1, 0.15) is 0 Å². The van der Waals surface area contributed by atoms with Crippen molar-refractivity contribution in [3.05, 3.63) is 29.6 Å². The Hall–Kier alpha value is -1.13. The van der Waals surface area contributed by atoms with Crippen LogP contribution in [0.5, 0.6) is 5.75 Å². The van der Waals surface area contributed by atoms with Gasteiger partial charge < -0.3 is 15.4 Å². The van der Waals surface area contributed by atoms with Gasteiger partial charge in [-0.15, -0.1) is 0 Å². The van der Waals surface area contributed by atoms with Crippen LogP contribution >= 0.6 is 0 Å². The lowest BCUT2D eigenvalue weighted by molar-refractivity contribution is 0.123. The van der Waals surface area contributed by atoms with E-state index in [0.29, 0.717) is 0 Å². The molecule has 1 saturated carbocycles. The first kappa shape index (κ1) is 14.3. The molecule has 1 fully saturated rings. The molecule has 1 atom stereocenters. The first-order valence-electron chi connectivity index (χ1n) is 6.78. The smallest absolute Gasteiger partial charge is 0.165 e. The summed E-state index contributed by atoms with van der Waals surface area (Å²) in [7, 11) is 5.59. The number of nitrogens with zero attached hydrogens (tertiary/aromatic N) is 1. The van der Waals surface area contributed by atoms with Crippen LogP contribution in [0.15, 0.2) is 18.2 Å². The molecule has 19 heavy (non-hydrogen) atoms. The van der Waals surface area contributed by atoms with Gasteiger partial charge >= 0.3 is 0 Å². The Morgan fingerprint density at radius 1 is 1.32 bits per heavy atom. The van der Waals surface area contributed by atoms with E-state index in [4.69, 9.17) is 10.5 Å². The average Bonchev–Trinajstić information content (AvgIpc) is 2.88. The van der Waals surface area contributed by atoms with Crippen molar-refractivity contribution in [2.24, 2.45) is 5.73 Å². The second kappa shape index (κ2) is 5.47. The number of likely N-dealkylation sites (N-methyl/N-ethyl adjacent to an activating group) is 1. The molecule has 0 bridgehead atoms. The maximum absolute atomic E-state index is 13.8. The highest BCUT2D eigenvalue weighted by Gasteiger charge is 2.42. The van der Waals surface area contributed by atoms with Gasteiger partial charge in [-0.25, -0.2) is 4.39 Å². The quantitative estimate of drug-likeness (QED) is 0.910. The molecule has 0 radical (unpaired) electrons. The number of nitrogens with two attached hydrogens (primary N) is 1. The summed E-state index contributed by atoms with van der Waals surface area (Å²) in [6.07, 6.45) is 4.50. The zero-order chi connectivity index (χ0) is 14.0. The second-order valence-electron chi connectivity index (χ2n) is 5.58. The van der Waals surface area contributed by atoms with Gasteiger partial charge in [-0.1, -0.05) is 18.9 Å². The highest BCUT2D eigenvalue weighted by Crippen LogP contribution is 2.42. The minimum atomic E-state index is -0.345. The van der Waals surface area contributed by atoms with E-state index in [1.807, 2.05) is 6.07 Å². The van der Waals surface area contributed by atoms with E-state index in [9.17, 15) is 4.39 Å². The number of methoxy groups -OCH3 is 1. The minimum absolute atomic E-state index is 0.0545. The Balaban J connectivity index is 2.32. The molecule has 106 valence electrons. The molecule has 0 spiro atoms. The first-order valence-corrected chi connectivity index (χ1v) is 6.78. The highest BCUT2D eigenvalue weighted by molar-refractivity contribution is 5.32. The Bertz CT molecular complexity index is 442. The van der Waals surface area contributed by atoms with Crippen LogP contribution in [0.4, 0.5) is 4.39 Å². The topological polar surface area (TPSA) is 38.5 Å². The molecule has 0 amide bonds. The summed E-state index contributed by atoms with van der Waals surface area (Å²) in [5.41, 5.74) is 7.23. The fourth-order valence-electron chi connectivity index (χ4n) is 3.21. The maximum Gasteiger partial charge on any atom is 0.165 e. The van der Waals surface area contributed by atoms with Gasteiger partial charge in [0.25, 0.3) is 0 Å². The summed E-state index contributed by atoms with van der Waals surface area (Å²) in [4.78, 5) is 2.20. The van der Waals surface area contributed by atoms with Gasteiger partial charge in [0.2, 0.25) is 0 Å². The van der Waals surface area contributed by atoms with Crippen LogP contribution in [0.1, 0.15) is 37.3 Å². The molecule has 2 N–H and O–H groups in total. The Morgan fingerprint density at radius 2 is 1.95 bits per heavy atom. The molecule has 4 heteroatoms. The lowest BCUT2D eigenvalue weighted by atomic mass is 9.83. The fraction of sp³-hybridized carbons (Fsp3) is 0.600. The van der Waals surface area contributed by atoms with Crippen molar-refractivity contribution in [1.29, 1.82) is 0 Å². The summed E-state index contributed by atoms with van der Waals surface area (Å²) >= 11 is 0. The lowest BCUT2D eigenvalue weighted by Gasteiger charge is -2.41. The van der Waals surface area contributed by atoms with Gasteiger partial charge in [0, 0.05) is 11.6 Å². The van der Waals surface area contributed by atoms with E-state index in [0.717, 1.165) is 18.4 Å². The number of ether oxygens (including phenoxy) is 1. The molecule has 1 aromatic carbocycles. The largest absolute Gasteiger partial charge is 0.494 e. The Labute approximate surface area is 114 Å². The summed E-state index contributed by atoms with van der Waals surface area (Å²) < 4.78 is 18.8. The van der Waals surface area contributed by atoms with Crippen LogP contribution < -0.4 is 10.5 Å². The van der Waals surface area contributed by atoms with Crippen molar-refractivity contribution in [1.82, 2.24) is 4.90 Å². The van der Waals surface area contributed by atoms with Crippen molar-refractivity contribution >= 4 is 0 Å². The van der Waals surface area contributed by atoms with Crippen LogP contribution in [-0.2, 0) is 0 Å². The van der Waals surface area contributed by atoms with Gasteiger partial charge in [-0.2, -0.15) is 0 Å². The standard InChI is InChI=1S/C15H23FN2O/c1-18(2)15(8-4-5-9-15)14(17)11-6-7-13(19-3)12(16)10-11/h6-7,10,14H,4-5,8-9,17H2,1-3H3. The summed E-state index contributed by atoms with van der Waals surface area (Å²) in [5.74, 6) is -0.0800. The van der Waals surface area contributed by atoms with Gasteiger partial charge in [0.15, 0.2) is 11.6 Å². The van der Waals surface area contributed by atoms with E-state index < -0.39 is 0 Å². The maximum atomic E-state index is 13.8. The zero-order valence-electron chi connectivity index (χ0n) is 11.9. The van der Waals surface area contributed by atoms with Crippen molar-refractivity contribution in [2.75, 3.05) is 21.2 Å². The van der Waals surface area contributed by atoms with Gasteiger partial charge in [0.05, 0.1) is 7.11 Å². The van der Waals surface area contributed by atoms with Crippen LogP contribution in [0.2, 0.25) is 0 Å². The van der Waals surface area contributed by atoms with E-state index in [1.54, 1.807) is 6.07 Å². The van der Waals surface area contributed by atoms with Crippen molar-refractivity contribution < 1.29 is 9.13 Å². The molecule has 0 aliphatic heterocycles. The molecule has 0 saturated heterocycles. The molecular weight excluding hydrogens is 243 g/mol. The second-order valence-corrected chi connectivity index (χ2v) is 5.58. The molecule has 1 unspecified atom stereocenters. The zero-order valence-corrected chi connectivity index (χ0v) is 11.9. The molecule has 3 nitrogen and oxygen atoms in total. The first-order chi connectivity index (χ1) is 9.01. The van der Waals surface area contributed by atoms with E-state index in [2.05, 4.69) is 19.0 Å². The Morgan fingerprint density at radius 3 is 2.42 bits per heavy atom. The predicted molar refractivity (Wildman–Crippen MR) is 74.8 cm³/mol. The van der Waals surface area contributed by atoms with Crippen LogP contribution in [0.3, 0.4) is 0 Å². The Kier molecular flexibility index (Phi) is 4.11. The van der Waals surface area contributed by atoms with Gasteiger partial charge in [-0.3, -0.25) is 0 Å². The normalized spacial score (nSPS) is 19.7. The van der Waals surface area contributed by atoms with Crippen molar-refractivity contribution in [3.8, 4) is 5.75 Å². The number of hydrogen-bond acceptors (Lipinski definition) is 3. The number of hydrogen-bond donors (Lipinski definition) is 1. The molecule has 1 aromatic rings. The highest BCUT2D eigenvalue weighted by atomic mass is 19.1. The lowest BCUT2D eigenvalue weighted by Crippen LogP contribution is -2.50. The molecule has 0 aromatic heterocycles. The van der Waals surface area contributed by atoms with Crippen LogP contribution in [0, 0.1) is 5.82 Å². The van der Waals surface area contributed by atoms with E-state index in [1.165, 1.54) is 26.0 Å². The number of rotatable bonds is 4. The van der Waals surface area contributed by atoms with Gasteiger partial charge in [-0.05, 0) is 44.6 Å². The molecular formula is C15H23FN2O. The number of benzene rings is 1. The summed E-state index contributed by atoms with van der Waals surface area (Å²) in [5, 5.41) is 0. The fourth-order valence-corrected chi connectivity index (χ4v) is 3.21. The third-order valence-electron chi connectivity index (χ3n) is 4.47. The van der Waals surface area contributed by atoms with Crippen LogP contribution in [-0.4, -0.2) is 31.6 Å². The summed E-state index contributed by atoms with van der Waals surface area (Å²) in [6.45, 7) is 0. The molecule has 1 aliphatic carbocycles. The van der Waals surface area contributed by atoms with Crippen molar-refractivity contribution in [3.63, 3.8) is 0 Å². The predicted octanol–water partition coefficient (Wildman–Crippen LogP) is 2.71. The molecule has 1 aliphatic rings. The average molecular weight is 266 g/mol. The minimum Gasteiger partial charge on any atom is -0.494 e. The molecule has 0 heterocycles. The van der Waals surface area contributed by atoms with E-state index in [-0.39, 0.29) is 23.1 Å². The monoisotopic (exact) mass is 266 g/mol. The third-order valence-corrected chi connectivity index (χ3v) is 4.47. The number of halogens is 1. The third kappa shape index (κ3) is 2.47. The SMILES string of the molecule is COc1ccc(C(N)C2(N(C)C)CCCC2)cc1F. The van der Waals surface area contributed by atoms with E-state index >= 15 is 0 Å². The van der Waals surface area contributed by atoms with Crippen LogP contribution in [0.25, 0.3) is 0 Å². The molecule has 2 rings (SSSR count).